The maximum atomic E-state index is 13.3. The van der Waals surface area contributed by atoms with Gasteiger partial charge in [0.05, 0.1) is 15.5 Å². The Labute approximate surface area is 113 Å². The summed E-state index contributed by atoms with van der Waals surface area (Å²) in [5, 5.41) is 14.1. The fraction of sp³-hybridized carbons (Fsp3) is 0.500. The van der Waals surface area contributed by atoms with E-state index in [4.69, 9.17) is 0 Å². The Morgan fingerprint density at radius 3 is 2.61 bits per heavy atom. The van der Waals surface area contributed by atoms with E-state index < -0.39 is 10.7 Å². The predicted octanol–water partition coefficient (Wildman–Crippen LogP) is 4.24. The van der Waals surface area contributed by atoms with Crippen LogP contribution >= 0.6 is 15.9 Å². The number of nitrogens with one attached hydrogen (secondary N) is 1. The molecule has 0 amide bonds. The first-order chi connectivity index (χ1) is 8.41. The highest BCUT2D eigenvalue weighted by atomic mass is 79.9. The van der Waals surface area contributed by atoms with Crippen molar-refractivity contribution in [3.05, 3.63) is 32.5 Å². The molecule has 98 valence electrons. The van der Waals surface area contributed by atoms with Crippen LogP contribution in [-0.2, 0) is 0 Å². The quantitative estimate of drug-likeness (QED) is 0.670. The second-order valence-electron chi connectivity index (χ2n) is 4.93. The fourth-order valence-corrected chi connectivity index (χ4v) is 2.74. The zero-order valence-electron chi connectivity index (χ0n) is 10.0. The number of hydrogen-bond donors (Lipinski definition) is 1. The summed E-state index contributed by atoms with van der Waals surface area (Å²) in [5.41, 5.74) is 0.0173. The maximum absolute atomic E-state index is 13.3. The van der Waals surface area contributed by atoms with Crippen LogP contribution in [0.15, 0.2) is 16.6 Å². The zero-order chi connectivity index (χ0) is 13.3. The van der Waals surface area contributed by atoms with Gasteiger partial charge in [0, 0.05) is 5.54 Å². The third kappa shape index (κ3) is 2.63. The molecule has 0 heterocycles. The van der Waals surface area contributed by atoms with Crippen LogP contribution in [0.5, 0.6) is 0 Å². The number of nitrogens with zero attached hydrogens (tertiary/aromatic N) is 1. The van der Waals surface area contributed by atoms with E-state index in [2.05, 4.69) is 21.2 Å². The van der Waals surface area contributed by atoms with Gasteiger partial charge in [-0.2, -0.15) is 0 Å². The largest absolute Gasteiger partial charge is 0.374 e. The van der Waals surface area contributed by atoms with Crippen LogP contribution in [0.4, 0.5) is 15.8 Å². The van der Waals surface area contributed by atoms with Crippen molar-refractivity contribution in [1.29, 1.82) is 0 Å². The summed E-state index contributed by atoms with van der Waals surface area (Å²) in [7, 11) is 0. The molecule has 2 rings (SSSR count). The summed E-state index contributed by atoms with van der Waals surface area (Å²) >= 11 is 3.06. The van der Waals surface area contributed by atoms with Crippen molar-refractivity contribution in [2.75, 3.05) is 5.32 Å². The molecule has 0 unspecified atom stereocenters. The molecule has 1 saturated carbocycles. The van der Waals surface area contributed by atoms with Crippen LogP contribution in [0, 0.1) is 15.9 Å². The van der Waals surface area contributed by atoms with Crippen molar-refractivity contribution in [2.45, 2.75) is 38.1 Å². The normalized spacial score (nSPS) is 17.7. The molecule has 6 heteroatoms. The summed E-state index contributed by atoms with van der Waals surface area (Å²) in [5.74, 6) is -0.621. The fourth-order valence-electron chi connectivity index (χ4n) is 2.39. The number of nitro groups is 1. The molecule has 1 aromatic rings. The molecule has 0 saturated heterocycles. The zero-order valence-corrected chi connectivity index (χ0v) is 11.6. The van der Waals surface area contributed by atoms with E-state index in [0.717, 1.165) is 31.7 Å². The van der Waals surface area contributed by atoms with Crippen LogP contribution in [0.25, 0.3) is 0 Å². The molecule has 0 aliphatic heterocycles. The second kappa shape index (κ2) is 4.84. The van der Waals surface area contributed by atoms with E-state index in [9.17, 15) is 14.5 Å². The van der Waals surface area contributed by atoms with Gasteiger partial charge in [-0.05, 0) is 41.8 Å². The molecule has 4 nitrogen and oxygen atoms in total. The highest BCUT2D eigenvalue weighted by Crippen LogP contribution is 2.37. The van der Waals surface area contributed by atoms with Gasteiger partial charge in [0.1, 0.15) is 11.5 Å². The number of halogens is 2. The Bertz CT molecular complexity index is 487. The Hall–Kier alpha value is -1.17. The van der Waals surface area contributed by atoms with Gasteiger partial charge < -0.3 is 5.32 Å². The van der Waals surface area contributed by atoms with Gasteiger partial charge in [0.25, 0.3) is 5.69 Å². The third-order valence-corrected chi connectivity index (χ3v) is 3.99. The maximum Gasteiger partial charge on any atom is 0.295 e. The van der Waals surface area contributed by atoms with Gasteiger partial charge in [-0.25, -0.2) is 4.39 Å². The van der Waals surface area contributed by atoms with Crippen molar-refractivity contribution in [2.24, 2.45) is 0 Å². The van der Waals surface area contributed by atoms with Gasteiger partial charge in [0.15, 0.2) is 0 Å². The highest BCUT2D eigenvalue weighted by Gasteiger charge is 2.31. The van der Waals surface area contributed by atoms with Crippen molar-refractivity contribution < 1.29 is 9.31 Å². The minimum Gasteiger partial charge on any atom is -0.374 e. The Kier molecular flexibility index (Phi) is 3.56. The van der Waals surface area contributed by atoms with E-state index >= 15 is 0 Å². The first kappa shape index (κ1) is 13.3. The van der Waals surface area contributed by atoms with Gasteiger partial charge in [-0.1, -0.05) is 12.8 Å². The van der Waals surface area contributed by atoms with Gasteiger partial charge >= 0.3 is 0 Å². The summed E-state index contributed by atoms with van der Waals surface area (Å²) < 4.78 is 13.6. The molecule has 1 aliphatic carbocycles. The molecule has 0 atom stereocenters. The number of rotatable bonds is 3. The standard InChI is InChI=1S/C12H14BrFN2O2/c1-12(4-2-3-5-12)15-10-6-8(13)9(14)7-11(10)16(17)18/h6-7,15H,2-5H2,1H3. The summed E-state index contributed by atoms with van der Waals surface area (Å²) in [6.07, 6.45) is 4.16. The molecular weight excluding hydrogens is 303 g/mol. The molecule has 0 bridgehead atoms. The third-order valence-electron chi connectivity index (χ3n) is 3.38. The summed E-state index contributed by atoms with van der Waals surface area (Å²) in [6, 6.07) is 2.39. The van der Waals surface area contributed by atoms with Gasteiger partial charge in [-0.15, -0.1) is 0 Å². The van der Waals surface area contributed by atoms with E-state index in [-0.39, 0.29) is 15.7 Å². The number of nitro benzene ring substituents is 1. The average molecular weight is 317 g/mol. The molecule has 0 aromatic heterocycles. The molecule has 1 aromatic carbocycles. The van der Waals surface area contributed by atoms with Crippen LogP contribution in [0.2, 0.25) is 0 Å². The van der Waals surface area contributed by atoms with Crippen molar-refractivity contribution in [3.8, 4) is 0 Å². The van der Waals surface area contributed by atoms with Crippen molar-refractivity contribution >= 4 is 27.3 Å². The number of hydrogen-bond acceptors (Lipinski definition) is 3. The molecule has 0 radical (unpaired) electrons. The van der Waals surface area contributed by atoms with E-state index in [1.165, 1.54) is 6.07 Å². The van der Waals surface area contributed by atoms with Crippen LogP contribution in [0.3, 0.4) is 0 Å². The SMILES string of the molecule is CC1(Nc2cc(Br)c(F)cc2[N+](=O)[O-])CCCC1. The van der Waals surface area contributed by atoms with Gasteiger partial charge in [0.2, 0.25) is 0 Å². The first-order valence-electron chi connectivity index (χ1n) is 5.83. The van der Waals surface area contributed by atoms with E-state index in [1.807, 2.05) is 6.92 Å². The highest BCUT2D eigenvalue weighted by molar-refractivity contribution is 9.10. The summed E-state index contributed by atoms with van der Waals surface area (Å²) in [6.45, 7) is 2.04. The van der Waals surface area contributed by atoms with E-state index in [1.54, 1.807) is 0 Å². The number of anilines is 1. The Morgan fingerprint density at radius 2 is 2.06 bits per heavy atom. The molecule has 1 fully saturated rings. The topological polar surface area (TPSA) is 55.2 Å². The van der Waals surface area contributed by atoms with Crippen LogP contribution in [-0.4, -0.2) is 10.5 Å². The minimum absolute atomic E-state index is 0.137. The molecule has 18 heavy (non-hydrogen) atoms. The molecule has 1 N–H and O–H groups in total. The predicted molar refractivity (Wildman–Crippen MR) is 71.3 cm³/mol. The lowest BCUT2D eigenvalue weighted by Crippen LogP contribution is -2.31. The van der Waals surface area contributed by atoms with Crippen molar-refractivity contribution in [3.63, 3.8) is 0 Å². The monoisotopic (exact) mass is 316 g/mol. The first-order valence-corrected chi connectivity index (χ1v) is 6.62. The minimum atomic E-state index is -0.621. The average Bonchev–Trinajstić information content (AvgIpc) is 2.69. The molecular formula is C12H14BrFN2O2. The lowest BCUT2D eigenvalue weighted by Gasteiger charge is -2.26. The number of benzene rings is 1. The second-order valence-corrected chi connectivity index (χ2v) is 5.79. The van der Waals surface area contributed by atoms with Crippen LogP contribution < -0.4 is 5.32 Å². The molecule has 0 spiro atoms. The van der Waals surface area contributed by atoms with Gasteiger partial charge in [-0.3, -0.25) is 10.1 Å². The van der Waals surface area contributed by atoms with Crippen LogP contribution in [0.1, 0.15) is 32.6 Å². The smallest absolute Gasteiger partial charge is 0.295 e. The molecule has 1 aliphatic rings. The Morgan fingerprint density at radius 1 is 1.44 bits per heavy atom. The van der Waals surface area contributed by atoms with E-state index in [0.29, 0.717) is 5.69 Å². The lowest BCUT2D eigenvalue weighted by atomic mass is 10.00. The lowest BCUT2D eigenvalue weighted by molar-refractivity contribution is -0.384. The summed E-state index contributed by atoms with van der Waals surface area (Å²) in [4.78, 5) is 10.4. The Balaban J connectivity index is 2.36. The van der Waals surface area contributed by atoms with Crippen molar-refractivity contribution in [1.82, 2.24) is 0 Å².